The molecular weight excluding hydrogens is 336 g/mol. The van der Waals surface area contributed by atoms with Crippen molar-refractivity contribution in [2.24, 2.45) is 0 Å². The zero-order valence-corrected chi connectivity index (χ0v) is 13.8. The average molecular weight is 351 g/mol. The number of halogens is 2. The number of nitrogens with one attached hydrogen (secondary N) is 1. The molecule has 26 heavy (non-hydrogen) atoms. The molecule has 3 rings (SSSR count). The molecule has 0 radical (unpaired) electrons. The second-order valence-electron chi connectivity index (χ2n) is 5.43. The maximum atomic E-state index is 13.1. The third-order valence-electron chi connectivity index (χ3n) is 3.69. The maximum absolute atomic E-state index is 13.1. The van der Waals surface area contributed by atoms with Gasteiger partial charge in [0.2, 0.25) is 0 Å². The molecule has 0 heterocycles. The van der Waals surface area contributed by atoms with E-state index in [-0.39, 0.29) is 18.7 Å². The molecule has 3 nitrogen and oxygen atoms in total. The van der Waals surface area contributed by atoms with E-state index in [4.69, 9.17) is 4.74 Å². The van der Waals surface area contributed by atoms with Crippen LogP contribution in [0.4, 0.5) is 8.78 Å². The minimum atomic E-state index is -1.06. The summed E-state index contributed by atoms with van der Waals surface area (Å²) in [5, 5.41) is 4.60. The summed E-state index contributed by atoms with van der Waals surface area (Å²) < 4.78 is 31.6. The van der Waals surface area contributed by atoms with E-state index in [0.717, 1.165) is 28.7 Å². The van der Waals surface area contributed by atoms with E-state index in [9.17, 15) is 13.6 Å². The van der Waals surface area contributed by atoms with Gasteiger partial charge in [-0.05, 0) is 29.7 Å². The van der Waals surface area contributed by atoms with E-state index < -0.39 is 17.5 Å². The highest BCUT2D eigenvalue weighted by Gasteiger charge is 2.08. The molecule has 0 bridgehead atoms. The zero-order valence-electron chi connectivity index (χ0n) is 13.8. The molecule has 0 spiro atoms. The van der Waals surface area contributed by atoms with Crippen LogP contribution in [0.2, 0.25) is 0 Å². The highest BCUT2D eigenvalue weighted by molar-refractivity contribution is 5.94. The van der Waals surface area contributed by atoms with Crippen LogP contribution < -0.4 is 10.1 Å². The standard InChI is InChI=1S/C21H15F2NO2/c22-18-11-10-16(14-19(18)23)21(25)24-12-3-4-13-26-20-9-5-7-15-6-1-2-8-17(15)20/h1-2,5-11,14H,12-13H2,(H,24,25). The lowest BCUT2D eigenvalue weighted by Crippen LogP contribution is -2.23. The van der Waals surface area contributed by atoms with Gasteiger partial charge in [-0.1, -0.05) is 48.2 Å². The van der Waals surface area contributed by atoms with Gasteiger partial charge >= 0.3 is 0 Å². The monoisotopic (exact) mass is 351 g/mol. The van der Waals surface area contributed by atoms with Crippen LogP contribution in [0, 0.1) is 23.5 Å². The third kappa shape index (κ3) is 4.17. The molecule has 0 aliphatic heterocycles. The smallest absolute Gasteiger partial charge is 0.252 e. The number of fused-ring (bicyclic) bond motifs is 1. The summed E-state index contributed by atoms with van der Waals surface area (Å²) in [5.41, 5.74) is 0.0395. The number of hydrogen-bond acceptors (Lipinski definition) is 2. The molecule has 0 atom stereocenters. The number of ether oxygens (including phenoxy) is 1. The highest BCUT2D eigenvalue weighted by atomic mass is 19.2. The lowest BCUT2D eigenvalue weighted by atomic mass is 10.1. The fraction of sp³-hybridized carbons (Fsp3) is 0.0952. The predicted molar refractivity (Wildman–Crippen MR) is 95.9 cm³/mol. The number of amides is 1. The van der Waals surface area contributed by atoms with Crippen molar-refractivity contribution in [3.05, 3.63) is 77.9 Å². The number of hydrogen-bond donors (Lipinski definition) is 1. The van der Waals surface area contributed by atoms with Gasteiger partial charge in [0.1, 0.15) is 12.4 Å². The molecule has 0 unspecified atom stereocenters. The largest absolute Gasteiger partial charge is 0.480 e. The van der Waals surface area contributed by atoms with E-state index in [2.05, 4.69) is 17.2 Å². The summed E-state index contributed by atoms with van der Waals surface area (Å²) in [7, 11) is 0. The normalized spacial score (nSPS) is 10.1. The highest BCUT2D eigenvalue weighted by Crippen LogP contribution is 2.24. The van der Waals surface area contributed by atoms with Crippen LogP contribution in [0.25, 0.3) is 10.8 Å². The topological polar surface area (TPSA) is 38.3 Å². The van der Waals surface area contributed by atoms with Crippen LogP contribution in [0.1, 0.15) is 10.4 Å². The van der Waals surface area contributed by atoms with Gasteiger partial charge in [0.25, 0.3) is 5.91 Å². The van der Waals surface area contributed by atoms with Gasteiger partial charge in [-0.15, -0.1) is 0 Å². The fourth-order valence-electron chi connectivity index (χ4n) is 2.41. The molecule has 0 saturated heterocycles. The first-order valence-electron chi connectivity index (χ1n) is 7.94. The zero-order chi connectivity index (χ0) is 18.4. The summed E-state index contributed by atoms with van der Waals surface area (Å²) in [6.07, 6.45) is 0. The first kappa shape index (κ1) is 17.4. The van der Waals surface area contributed by atoms with Crippen molar-refractivity contribution in [1.29, 1.82) is 0 Å². The Morgan fingerprint density at radius 1 is 0.962 bits per heavy atom. The van der Waals surface area contributed by atoms with E-state index in [1.807, 2.05) is 42.5 Å². The van der Waals surface area contributed by atoms with E-state index in [0.29, 0.717) is 0 Å². The summed E-state index contributed by atoms with van der Waals surface area (Å²) in [6.45, 7) is 0.256. The van der Waals surface area contributed by atoms with Gasteiger partial charge < -0.3 is 10.1 Å². The van der Waals surface area contributed by atoms with Crippen LogP contribution in [-0.4, -0.2) is 19.1 Å². The molecule has 0 fully saturated rings. The molecule has 0 aliphatic carbocycles. The molecule has 3 aromatic rings. The van der Waals surface area contributed by atoms with E-state index >= 15 is 0 Å². The summed E-state index contributed by atoms with van der Waals surface area (Å²) >= 11 is 0. The van der Waals surface area contributed by atoms with Gasteiger partial charge in [-0.25, -0.2) is 8.78 Å². The molecule has 1 amide bonds. The third-order valence-corrected chi connectivity index (χ3v) is 3.69. The number of carbonyl (C=O) groups excluding carboxylic acids is 1. The van der Waals surface area contributed by atoms with Crippen LogP contribution in [-0.2, 0) is 0 Å². The Balaban J connectivity index is 1.51. The molecule has 5 heteroatoms. The quantitative estimate of drug-likeness (QED) is 0.724. The van der Waals surface area contributed by atoms with Gasteiger partial charge in [0, 0.05) is 10.9 Å². The molecule has 0 aliphatic rings. The Morgan fingerprint density at radius 3 is 2.62 bits per heavy atom. The Kier molecular flexibility index (Phi) is 5.45. The number of rotatable bonds is 4. The Bertz CT molecular complexity index is 1000. The van der Waals surface area contributed by atoms with Crippen molar-refractivity contribution in [1.82, 2.24) is 5.32 Å². The average Bonchev–Trinajstić information content (AvgIpc) is 2.66. The Morgan fingerprint density at radius 2 is 1.77 bits per heavy atom. The van der Waals surface area contributed by atoms with Crippen molar-refractivity contribution in [3.63, 3.8) is 0 Å². The van der Waals surface area contributed by atoms with Gasteiger partial charge in [0.05, 0.1) is 6.54 Å². The van der Waals surface area contributed by atoms with E-state index in [1.165, 1.54) is 6.07 Å². The maximum Gasteiger partial charge on any atom is 0.252 e. The van der Waals surface area contributed by atoms with Crippen LogP contribution in [0.15, 0.2) is 60.7 Å². The first-order valence-corrected chi connectivity index (χ1v) is 7.94. The summed E-state index contributed by atoms with van der Waals surface area (Å²) in [4.78, 5) is 11.8. The molecule has 3 aromatic carbocycles. The van der Waals surface area contributed by atoms with Crippen molar-refractivity contribution in [2.45, 2.75) is 0 Å². The lowest BCUT2D eigenvalue weighted by Gasteiger charge is -2.06. The van der Waals surface area contributed by atoms with Crippen molar-refractivity contribution < 1.29 is 18.3 Å². The van der Waals surface area contributed by atoms with Gasteiger partial charge in [-0.2, -0.15) is 0 Å². The SMILES string of the molecule is O=C(NCC#CCOc1cccc2ccccc12)c1ccc(F)c(F)c1. The van der Waals surface area contributed by atoms with Gasteiger partial charge in [0.15, 0.2) is 11.6 Å². The van der Waals surface area contributed by atoms with Crippen molar-refractivity contribution in [2.75, 3.05) is 13.2 Å². The van der Waals surface area contributed by atoms with Crippen molar-refractivity contribution in [3.8, 4) is 17.6 Å². The van der Waals surface area contributed by atoms with Crippen LogP contribution in [0.3, 0.4) is 0 Å². The number of benzene rings is 3. The second kappa shape index (κ2) is 8.13. The lowest BCUT2D eigenvalue weighted by molar-refractivity contribution is 0.0958. The minimum absolute atomic E-state index is 0.0395. The van der Waals surface area contributed by atoms with Crippen molar-refractivity contribution >= 4 is 16.7 Å². The summed E-state index contributed by atoms with van der Waals surface area (Å²) in [6, 6.07) is 16.6. The summed E-state index contributed by atoms with van der Waals surface area (Å²) in [5.74, 6) is 3.72. The molecule has 130 valence electrons. The molecular formula is C21H15F2NO2. The Labute approximate surface area is 149 Å². The first-order chi connectivity index (χ1) is 12.6. The van der Waals surface area contributed by atoms with E-state index in [1.54, 1.807) is 0 Å². The van der Waals surface area contributed by atoms with Crippen LogP contribution in [0.5, 0.6) is 5.75 Å². The van der Waals surface area contributed by atoms with Crippen LogP contribution >= 0.6 is 0 Å². The molecule has 0 aromatic heterocycles. The second-order valence-corrected chi connectivity index (χ2v) is 5.43. The fourth-order valence-corrected chi connectivity index (χ4v) is 2.41. The predicted octanol–water partition coefficient (Wildman–Crippen LogP) is 3.93. The minimum Gasteiger partial charge on any atom is -0.480 e. The molecule has 0 saturated carbocycles. The number of carbonyl (C=O) groups is 1. The Hall–Kier alpha value is -3.39. The van der Waals surface area contributed by atoms with Gasteiger partial charge in [-0.3, -0.25) is 4.79 Å². The molecule has 1 N–H and O–H groups in total.